The smallest absolute Gasteiger partial charge is 0.0820 e. The van der Waals surface area contributed by atoms with Crippen molar-refractivity contribution in [2.45, 2.75) is 65.3 Å². The maximum Gasteiger partial charge on any atom is 0.0820 e. The number of aliphatic imine (C=N–C) groups is 1. The highest BCUT2D eigenvalue weighted by Crippen LogP contribution is 2.36. The first-order chi connectivity index (χ1) is 14.9. The predicted molar refractivity (Wildman–Crippen MR) is 133 cm³/mol. The van der Waals surface area contributed by atoms with Crippen LogP contribution in [0.15, 0.2) is 59.6 Å². The fourth-order valence-corrected chi connectivity index (χ4v) is 4.35. The molecule has 2 aromatic carbocycles. The van der Waals surface area contributed by atoms with Crippen molar-refractivity contribution >= 4 is 17.6 Å². The maximum atomic E-state index is 4.95. The van der Waals surface area contributed by atoms with E-state index in [1.807, 2.05) is 12.3 Å². The Morgan fingerprint density at radius 3 is 2.32 bits per heavy atom. The summed E-state index contributed by atoms with van der Waals surface area (Å²) in [6.45, 7) is 11.1. The summed E-state index contributed by atoms with van der Waals surface area (Å²) in [6, 6.07) is 19.7. The summed E-state index contributed by atoms with van der Waals surface area (Å²) in [5.74, 6) is 0.850. The molecule has 2 heterocycles. The first-order valence-corrected chi connectivity index (χ1v) is 11.5. The Balaban J connectivity index is 1.71. The van der Waals surface area contributed by atoms with E-state index in [1.165, 1.54) is 34.4 Å². The number of pyridine rings is 1. The van der Waals surface area contributed by atoms with Crippen molar-refractivity contribution in [1.29, 1.82) is 0 Å². The molecule has 0 amide bonds. The van der Waals surface area contributed by atoms with Gasteiger partial charge in [0, 0.05) is 17.3 Å². The highest BCUT2D eigenvalue weighted by molar-refractivity contribution is 5.84. The maximum absolute atomic E-state index is 4.95. The van der Waals surface area contributed by atoms with E-state index in [0.717, 1.165) is 23.5 Å². The van der Waals surface area contributed by atoms with Crippen LogP contribution in [0.3, 0.4) is 0 Å². The average molecular weight is 412 g/mol. The predicted octanol–water partition coefficient (Wildman–Crippen LogP) is 7.49. The molecule has 1 aliphatic heterocycles. The second kappa shape index (κ2) is 9.05. The number of aryl methyl sites for hydroxylation is 1. The van der Waals surface area contributed by atoms with Crippen molar-refractivity contribution in [2.75, 3.05) is 5.32 Å². The third-order valence-electron chi connectivity index (χ3n) is 6.10. The van der Waals surface area contributed by atoms with Crippen LogP contribution in [0.2, 0.25) is 0 Å². The van der Waals surface area contributed by atoms with Gasteiger partial charge in [-0.1, -0.05) is 70.2 Å². The minimum absolute atomic E-state index is 0.425. The lowest BCUT2D eigenvalue weighted by Crippen LogP contribution is -2.22. The third kappa shape index (κ3) is 4.56. The summed E-state index contributed by atoms with van der Waals surface area (Å²) in [6.07, 6.45) is 4.20. The van der Waals surface area contributed by atoms with Gasteiger partial charge in [-0.15, -0.1) is 0 Å². The number of hydrogen-bond acceptors (Lipinski definition) is 3. The summed E-state index contributed by atoms with van der Waals surface area (Å²) in [5.41, 5.74) is 9.31. The lowest BCUT2D eigenvalue weighted by molar-refractivity contribution is 0.681. The van der Waals surface area contributed by atoms with E-state index in [1.54, 1.807) is 0 Å². The van der Waals surface area contributed by atoms with Gasteiger partial charge in [-0.3, -0.25) is 4.99 Å². The molecule has 0 saturated carbocycles. The van der Waals surface area contributed by atoms with Gasteiger partial charge in [0.05, 0.1) is 23.3 Å². The first-order valence-electron chi connectivity index (χ1n) is 11.5. The number of hydrogen-bond donors (Lipinski definition) is 1. The Morgan fingerprint density at radius 2 is 1.61 bits per heavy atom. The molecule has 3 aromatic rings. The van der Waals surface area contributed by atoms with Crippen LogP contribution >= 0.6 is 0 Å². The van der Waals surface area contributed by atoms with Crippen LogP contribution < -0.4 is 5.32 Å². The molecule has 0 bridgehead atoms. The SMILES string of the molecule is CC1CCc2cccc(-c3cccc(/C=N/c4c(C(C)C)cccc4C(C)C)n3)c2N1. The van der Waals surface area contributed by atoms with E-state index in [9.17, 15) is 0 Å². The van der Waals surface area contributed by atoms with Gasteiger partial charge in [0.25, 0.3) is 0 Å². The molecule has 4 rings (SSSR count). The molecule has 1 aliphatic rings. The molecule has 0 fully saturated rings. The van der Waals surface area contributed by atoms with E-state index in [0.29, 0.717) is 17.9 Å². The van der Waals surface area contributed by atoms with Gasteiger partial charge >= 0.3 is 0 Å². The number of benzene rings is 2. The number of nitrogens with zero attached hydrogens (tertiary/aromatic N) is 2. The average Bonchev–Trinajstić information content (AvgIpc) is 2.77. The van der Waals surface area contributed by atoms with Crippen molar-refractivity contribution in [2.24, 2.45) is 4.99 Å². The van der Waals surface area contributed by atoms with Crippen LogP contribution in [0, 0.1) is 0 Å². The number of anilines is 1. The van der Waals surface area contributed by atoms with Gasteiger partial charge in [0.1, 0.15) is 0 Å². The lowest BCUT2D eigenvalue weighted by atomic mass is 9.93. The summed E-state index contributed by atoms with van der Waals surface area (Å²) in [5, 5.41) is 3.67. The van der Waals surface area contributed by atoms with Crippen molar-refractivity contribution in [3.8, 4) is 11.3 Å². The zero-order valence-corrected chi connectivity index (χ0v) is 19.3. The molecule has 0 saturated heterocycles. The molecule has 1 atom stereocenters. The normalized spacial score (nSPS) is 16.0. The molecule has 3 nitrogen and oxygen atoms in total. The molecular formula is C28H33N3. The molecule has 0 spiro atoms. The topological polar surface area (TPSA) is 37.3 Å². The lowest BCUT2D eigenvalue weighted by Gasteiger charge is -2.26. The first kappa shape index (κ1) is 21.3. The number of para-hydroxylation sites is 2. The number of nitrogens with one attached hydrogen (secondary N) is 1. The van der Waals surface area contributed by atoms with Crippen LogP contribution in [0.5, 0.6) is 0 Å². The standard InChI is InChI=1S/C28H33N3/c1-18(2)23-11-8-12-24(19(3)4)28(23)29-17-22-10-7-14-26(31-22)25-13-6-9-21-16-15-20(5)30-27(21)25/h6-14,17-20,30H,15-16H2,1-5H3/b29-17+. The Bertz CT molecular complexity index is 1070. The van der Waals surface area contributed by atoms with Gasteiger partial charge < -0.3 is 5.32 Å². The van der Waals surface area contributed by atoms with Crippen LogP contribution in [-0.2, 0) is 6.42 Å². The Morgan fingerprint density at radius 1 is 0.935 bits per heavy atom. The van der Waals surface area contributed by atoms with E-state index < -0.39 is 0 Å². The zero-order chi connectivity index (χ0) is 22.0. The second-order valence-corrected chi connectivity index (χ2v) is 9.22. The molecule has 3 heteroatoms. The van der Waals surface area contributed by atoms with Gasteiger partial charge in [-0.05, 0) is 60.4 Å². The zero-order valence-electron chi connectivity index (χ0n) is 19.3. The van der Waals surface area contributed by atoms with Crippen LogP contribution in [-0.4, -0.2) is 17.2 Å². The minimum atomic E-state index is 0.425. The largest absolute Gasteiger partial charge is 0.382 e. The number of aromatic nitrogens is 1. The number of rotatable bonds is 5. The van der Waals surface area contributed by atoms with E-state index in [4.69, 9.17) is 9.98 Å². The van der Waals surface area contributed by atoms with Gasteiger partial charge in [-0.25, -0.2) is 4.98 Å². The Labute approximate surface area is 186 Å². The van der Waals surface area contributed by atoms with Gasteiger partial charge in [0.2, 0.25) is 0 Å². The highest BCUT2D eigenvalue weighted by Gasteiger charge is 2.18. The number of fused-ring (bicyclic) bond motifs is 1. The highest BCUT2D eigenvalue weighted by atomic mass is 14.9. The van der Waals surface area contributed by atoms with Crippen molar-refractivity contribution in [3.63, 3.8) is 0 Å². The van der Waals surface area contributed by atoms with E-state index in [2.05, 4.69) is 88.5 Å². The van der Waals surface area contributed by atoms with Crippen LogP contribution in [0.4, 0.5) is 11.4 Å². The molecule has 1 aromatic heterocycles. The molecule has 1 unspecified atom stereocenters. The van der Waals surface area contributed by atoms with Crippen LogP contribution in [0.1, 0.15) is 75.3 Å². The van der Waals surface area contributed by atoms with Gasteiger partial charge in [-0.2, -0.15) is 0 Å². The second-order valence-electron chi connectivity index (χ2n) is 9.22. The summed E-state index contributed by atoms with van der Waals surface area (Å²) in [4.78, 5) is 9.90. The monoisotopic (exact) mass is 411 g/mol. The van der Waals surface area contributed by atoms with Gasteiger partial charge in [0.15, 0.2) is 0 Å². The molecule has 0 radical (unpaired) electrons. The molecule has 31 heavy (non-hydrogen) atoms. The van der Waals surface area contributed by atoms with Crippen LogP contribution in [0.25, 0.3) is 11.3 Å². The fourth-order valence-electron chi connectivity index (χ4n) is 4.35. The van der Waals surface area contributed by atoms with Crippen molar-refractivity contribution in [1.82, 2.24) is 4.98 Å². The Hall–Kier alpha value is -2.94. The Kier molecular flexibility index (Phi) is 6.22. The van der Waals surface area contributed by atoms with Crippen molar-refractivity contribution in [3.05, 3.63) is 77.0 Å². The third-order valence-corrected chi connectivity index (χ3v) is 6.10. The van der Waals surface area contributed by atoms with Crippen molar-refractivity contribution < 1.29 is 0 Å². The summed E-state index contributed by atoms with van der Waals surface area (Å²) >= 11 is 0. The quantitative estimate of drug-likeness (QED) is 0.442. The van der Waals surface area contributed by atoms with E-state index in [-0.39, 0.29) is 0 Å². The molecule has 1 N–H and O–H groups in total. The molecule has 160 valence electrons. The van der Waals surface area contributed by atoms with E-state index >= 15 is 0 Å². The minimum Gasteiger partial charge on any atom is -0.382 e. The summed E-state index contributed by atoms with van der Waals surface area (Å²) < 4.78 is 0. The summed E-state index contributed by atoms with van der Waals surface area (Å²) in [7, 11) is 0. The molecule has 0 aliphatic carbocycles. The molecular weight excluding hydrogens is 378 g/mol. The fraction of sp³-hybridized carbons (Fsp3) is 0.357.